The van der Waals surface area contributed by atoms with Crippen LogP contribution in [-0.2, 0) is 11.3 Å². The van der Waals surface area contributed by atoms with Crippen molar-refractivity contribution in [2.75, 3.05) is 20.3 Å². The molecule has 0 aliphatic carbocycles. The number of hydrogen-bond donors (Lipinski definition) is 0. The second kappa shape index (κ2) is 6.99. The Labute approximate surface area is 132 Å². The standard InChI is InChI=1S/C18H23N3O/c1-14-11-17(15-7-4-3-5-8-15)20-18(19-14)12-21-10-6-9-16(21)13-22-2/h3-5,7-8,11,16H,6,9-10,12-13H2,1-2H3. The van der Waals surface area contributed by atoms with Crippen molar-refractivity contribution in [3.63, 3.8) is 0 Å². The number of ether oxygens (including phenoxy) is 1. The van der Waals surface area contributed by atoms with Gasteiger partial charge < -0.3 is 4.74 Å². The normalized spacial score (nSPS) is 18.7. The van der Waals surface area contributed by atoms with Crippen LogP contribution in [0.3, 0.4) is 0 Å². The fourth-order valence-electron chi connectivity index (χ4n) is 3.12. The molecule has 1 aliphatic rings. The average molecular weight is 297 g/mol. The number of hydrogen-bond acceptors (Lipinski definition) is 4. The van der Waals surface area contributed by atoms with Crippen LogP contribution in [0.5, 0.6) is 0 Å². The molecular formula is C18H23N3O. The summed E-state index contributed by atoms with van der Waals surface area (Å²) >= 11 is 0. The maximum absolute atomic E-state index is 5.33. The summed E-state index contributed by atoms with van der Waals surface area (Å²) in [4.78, 5) is 11.8. The molecule has 0 bridgehead atoms. The van der Waals surface area contributed by atoms with Gasteiger partial charge in [0, 0.05) is 24.4 Å². The zero-order valence-corrected chi connectivity index (χ0v) is 13.3. The van der Waals surface area contributed by atoms with Gasteiger partial charge in [-0.1, -0.05) is 30.3 Å². The first kappa shape index (κ1) is 15.1. The molecule has 0 N–H and O–H groups in total. The molecule has 2 heterocycles. The van der Waals surface area contributed by atoms with Gasteiger partial charge in [0.1, 0.15) is 5.82 Å². The van der Waals surface area contributed by atoms with Crippen molar-refractivity contribution in [3.05, 3.63) is 47.9 Å². The van der Waals surface area contributed by atoms with Gasteiger partial charge in [-0.05, 0) is 32.4 Å². The third-order valence-electron chi connectivity index (χ3n) is 4.17. The first-order chi connectivity index (χ1) is 10.8. The van der Waals surface area contributed by atoms with Gasteiger partial charge in [0.05, 0.1) is 18.8 Å². The van der Waals surface area contributed by atoms with Crippen molar-refractivity contribution in [2.45, 2.75) is 32.4 Å². The van der Waals surface area contributed by atoms with Gasteiger partial charge in [-0.15, -0.1) is 0 Å². The fourth-order valence-corrected chi connectivity index (χ4v) is 3.12. The molecule has 4 heteroatoms. The quantitative estimate of drug-likeness (QED) is 0.850. The molecule has 4 nitrogen and oxygen atoms in total. The summed E-state index contributed by atoms with van der Waals surface area (Å²) in [5.74, 6) is 0.904. The highest BCUT2D eigenvalue weighted by Gasteiger charge is 2.25. The molecule has 2 aromatic rings. The summed E-state index contributed by atoms with van der Waals surface area (Å²) in [6.07, 6.45) is 2.43. The lowest BCUT2D eigenvalue weighted by atomic mass is 10.1. The summed E-state index contributed by atoms with van der Waals surface area (Å²) in [7, 11) is 1.77. The Balaban J connectivity index is 1.81. The van der Waals surface area contributed by atoms with E-state index in [1.165, 1.54) is 12.8 Å². The van der Waals surface area contributed by atoms with Crippen LogP contribution in [0.25, 0.3) is 11.3 Å². The first-order valence-electron chi connectivity index (χ1n) is 7.89. The molecular weight excluding hydrogens is 274 g/mol. The lowest BCUT2D eigenvalue weighted by molar-refractivity contribution is 0.110. The molecule has 1 aromatic heterocycles. The van der Waals surface area contributed by atoms with Gasteiger partial charge in [-0.2, -0.15) is 0 Å². The van der Waals surface area contributed by atoms with Gasteiger partial charge in [-0.3, -0.25) is 4.90 Å². The SMILES string of the molecule is COCC1CCCN1Cc1nc(C)cc(-c2ccccc2)n1. The minimum absolute atomic E-state index is 0.495. The second-order valence-corrected chi connectivity index (χ2v) is 5.90. The maximum atomic E-state index is 5.33. The van der Waals surface area contributed by atoms with E-state index in [0.29, 0.717) is 6.04 Å². The van der Waals surface area contributed by atoms with E-state index in [-0.39, 0.29) is 0 Å². The molecule has 1 fully saturated rings. The number of likely N-dealkylation sites (tertiary alicyclic amines) is 1. The Kier molecular flexibility index (Phi) is 4.80. The van der Waals surface area contributed by atoms with E-state index in [0.717, 1.165) is 42.5 Å². The largest absolute Gasteiger partial charge is 0.383 e. The van der Waals surface area contributed by atoms with Crippen molar-refractivity contribution in [2.24, 2.45) is 0 Å². The molecule has 0 saturated carbocycles. The summed E-state index contributed by atoms with van der Waals surface area (Å²) in [5.41, 5.74) is 3.17. The third-order valence-corrected chi connectivity index (χ3v) is 4.17. The molecule has 1 unspecified atom stereocenters. The summed E-state index contributed by atoms with van der Waals surface area (Å²) in [5, 5.41) is 0. The number of rotatable bonds is 5. The van der Waals surface area contributed by atoms with Crippen LogP contribution in [0.15, 0.2) is 36.4 Å². The monoisotopic (exact) mass is 297 g/mol. The van der Waals surface area contributed by atoms with Crippen LogP contribution in [0.4, 0.5) is 0 Å². The third kappa shape index (κ3) is 3.51. The van der Waals surface area contributed by atoms with Crippen molar-refractivity contribution in [1.29, 1.82) is 0 Å². The molecule has 1 saturated heterocycles. The predicted molar refractivity (Wildman–Crippen MR) is 87.5 cm³/mol. The number of methoxy groups -OCH3 is 1. The van der Waals surface area contributed by atoms with Gasteiger partial charge in [0.25, 0.3) is 0 Å². The number of aromatic nitrogens is 2. The smallest absolute Gasteiger partial charge is 0.143 e. The number of nitrogens with zero attached hydrogens (tertiary/aromatic N) is 3. The number of aryl methyl sites for hydroxylation is 1. The van der Waals surface area contributed by atoms with Crippen molar-refractivity contribution in [3.8, 4) is 11.3 Å². The Morgan fingerprint density at radius 1 is 1.23 bits per heavy atom. The summed E-state index contributed by atoms with van der Waals surface area (Å²) < 4.78 is 5.33. The van der Waals surface area contributed by atoms with E-state index in [2.05, 4.69) is 28.1 Å². The van der Waals surface area contributed by atoms with Crippen molar-refractivity contribution >= 4 is 0 Å². The minimum Gasteiger partial charge on any atom is -0.383 e. The number of benzene rings is 1. The van der Waals surface area contributed by atoms with E-state index in [9.17, 15) is 0 Å². The van der Waals surface area contributed by atoms with E-state index in [1.54, 1.807) is 7.11 Å². The van der Waals surface area contributed by atoms with Crippen LogP contribution in [0, 0.1) is 6.92 Å². The fraction of sp³-hybridized carbons (Fsp3) is 0.444. The highest BCUT2D eigenvalue weighted by atomic mass is 16.5. The van der Waals surface area contributed by atoms with Gasteiger partial charge >= 0.3 is 0 Å². The highest BCUT2D eigenvalue weighted by molar-refractivity contribution is 5.58. The van der Waals surface area contributed by atoms with Crippen LogP contribution in [-0.4, -0.2) is 41.2 Å². The minimum atomic E-state index is 0.495. The van der Waals surface area contributed by atoms with E-state index in [4.69, 9.17) is 9.72 Å². The Bertz CT molecular complexity index is 615. The zero-order chi connectivity index (χ0) is 15.4. The van der Waals surface area contributed by atoms with Crippen LogP contribution in [0.2, 0.25) is 0 Å². The first-order valence-corrected chi connectivity index (χ1v) is 7.89. The molecule has 116 valence electrons. The zero-order valence-electron chi connectivity index (χ0n) is 13.3. The Hall–Kier alpha value is -1.78. The molecule has 0 radical (unpaired) electrons. The maximum Gasteiger partial charge on any atom is 0.143 e. The molecule has 0 spiro atoms. The molecule has 1 aliphatic heterocycles. The van der Waals surface area contributed by atoms with Crippen LogP contribution in [0.1, 0.15) is 24.4 Å². The van der Waals surface area contributed by atoms with E-state index >= 15 is 0 Å². The molecule has 1 atom stereocenters. The lowest BCUT2D eigenvalue weighted by Crippen LogP contribution is -2.33. The Morgan fingerprint density at radius 2 is 2.05 bits per heavy atom. The van der Waals surface area contributed by atoms with Crippen LogP contribution < -0.4 is 0 Å². The topological polar surface area (TPSA) is 38.2 Å². The molecule has 0 amide bonds. The highest BCUT2D eigenvalue weighted by Crippen LogP contribution is 2.21. The van der Waals surface area contributed by atoms with Crippen molar-refractivity contribution in [1.82, 2.24) is 14.9 Å². The van der Waals surface area contributed by atoms with Gasteiger partial charge in [-0.25, -0.2) is 9.97 Å². The average Bonchev–Trinajstić information content (AvgIpc) is 2.95. The van der Waals surface area contributed by atoms with Gasteiger partial charge in [0.15, 0.2) is 0 Å². The van der Waals surface area contributed by atoms with Gasteiger partial charge in [0.2, 0.25) is 0 Å². The summed E-state index contributed by atoms with van der Waals surface area (Å²) in [6.45, 7) is 4.73. The molecule has 3 rings (SSSR count). The van der Waals surface area contributed by atoms with E-state index in [1.807, 2.05) is 25.1 Å². The Morgan fingerprint density at radius 3 is 2.82 bits per heavy atom. The molecule has 22 heavy (non-hydrogen) atoms. The van der Waals surface area contributed by atoms with Crippen molar-refractivity contribution < 1.29 is 4.74 Å². The van der Waals surface area contributed by atoms with E-state index < -0.39 is 0 Å². The van der Waals surface area contributed by atoms with Crippen LogP contribution >= 0.6 is 0 Å². The molecule has 1 aromatic carbocycles. The lowest BCUT2D eigenvalue weighted by Gasteiger charge is -2.23. The second-order valence-electron chi connectivity index (χ2n) is 5.90. The summed E-state index contributed by atoms with van der Waals surface area (Å²) in [6, 6.07) is 12.8. The predicted octanol–water partition coefficient (Wildman–Crippen LogP) is 3.06.